The van der Waals surface area contributed by atoms with Crippen LogP contribution < -0.4 is 16.4 Å². The lowest BCUT2D eigenvalue weighted by molar-refractivity contribution is 0.0748. The number of nitrogens with one attached hydrogen (secondary N) is 2. The molecule has 0 spiro atoms. The quantitative estimate of drug-likeness (QED) is 0.238. The largest absolute Gasteiger partial charge is 0.398 e. The van der Waals surface area contributed by atoms with Gasteiger partial charge in [0.05, 0.1) is 11.9 Å². The summed E-state index contributed by atoms with van der Waals surface area (Å²) in [6, 6.07) is 6.42. The van der Waals surface area contributed by atoms with E-state index in [2.05, 4.69) is 48.8 Å². The van der Waals surface area contributed by atoms with Crippen LogP contribution in [0.4, 0.5) is 17.5 Å². The molecule has 0 saturated heterocycles. The van der Waals surface area contributed by atoms with Gasteiger partial charge in [-0.2, -0.15) is 9.97 Å². The van der Waals surface area contributed by atoms with E-state index in [-0.39, 0.29) is 0 Å². The first kappa shape index (κ1) is 23.0. The van der Waals surface area contributed by atoms with Crippen LogP contribution in [0.3, 0.4) is 0 Å². The number of benzene rings is 1. The Morgan fingerprint density at radius 2 is 1.97 bits per heavy atom. The fraction of sp³-hybridized carbons (Fsp3) is 0.522. The number of halogens is 1. The molecule has 0 unspecified atom stereocenters. The van der Waals surface area contributed by atoms with E-state index < -0.39 is 5.60 Å². The van der Waals surface area contributed by atoms with Gasteiger partial charge in [0.2, 0.25) is 5.95 Å². The molecule has 1 aliphatic carbocycles. The average Bonchev–Trinajstić information content (AvgIpc) is 3.18. The van der Waals surface area contributed by atoms with Crippen molar-refractivity contribution in [1.29, 1.82) is 0 Å². The van der Waals surface area contributed by atoms with Crippen molar-refractivity contribution in [2.45, 2.75) is 70.6 Å². The monoisotopic (exact) mass is 549 g/mol. The molecule has 8 nitrogen and oxygen atoms in total. The number of aliphatic hydroxyl groups is 1. The highest BCUT2D eigenvalue weighted by Gasteiger charge is 2.21. The number of hydrogen-bond acceptors (Lipinski definition) is 7. The Hall–Kier alpha value is -2.14. The minimum atomic E-state index is -0.746. The maximum atomic E-state index is 10.0. The lowest BCUT2D eigenvalue weighted by Gasteiger charge is -2.23. The molecule has 1 fully saturated rings. The highest BCUT2D eigenvalue weighted by Crippen LogP contribution is 2.32. The number of imidazole rings is 1. The first-order chi connectivity index (χ1) is 15.3. The van der Waals surface area contributed by atoms with E-state index in [0.717, 1.165) is 38.8 Å². The Morgan fingerprint density at radius 3 is 2.72 bits per heavy atom. The molecule has 0 amide bonds. The third-order valence-electron chi connectivity index (χ3n) is 5.96. The number of nitrogens with two attached hydrogens (primary N) is 1. The minimum Gasteiger partial charge on any atom is -0.398 e. The first-order valence-corrected chi connectivity index (χ1v) is 12.4. The molecule has 1 aromatic carbocycles. The van der Waals surface area contributed by atoms with Gasteiger partial charge in [0, 0.05) is 28.4 Å². The normalized spacial score (nSPS) is 15.2. The van der Waals surface area contributed by atoms with Crippen molar-refractivity contribution in [2.24, 2.45) is 0 Å². The van der Waals surface area contributed by atoms with E-state index in [1.165, 1.54) is 19.3 Å². The summed E-state index contributed by atoms with van der Waals surface area (Å²) in [4.78, 5) is 14.2. The number of hydrogen-bond donors (Lipinski definition) is 4. The Kier molecular flexibility index (Phi) is 7.04. The van der Waals surface area contributed by atoms with Gasteiger partial charge >= 0.3 is 0 Å². The molecule has 172 valence electrons. The average molecular weight is 549 g/mol. The molecule has 9 heteroatoms. The van der Waals surface area contributed by atoms with E-state index in [1.54, 1.807) is 13.8 Å². The smallest absolute Gasteiger partial charge is 0.226 e. The van der Waals surface area contributed by atoms with Crippen molar-refractivity contribution in [1.82, 2.24) is 19.5 Å². The topological polar surface area (TPSA) is 114 Å². The van der Waals surface area contributed by atoms with E-state index in [1.807, 2.05) is 18.5 Å². The maximum absolute atomic E-state index is 10.0. The van der Waals surface area contributed by atoms with Gasteiger partial charge in [-0.3, -0.25) is 0 Å². The molecular formula is C23H32IN7O. The summed E-state index contributed by atoms with van der Waals surface area (Å²) in [5.41, 5.74) is 8.81. The molecule has 0 radical (unpaired) electrons. The van der Waals surface area contributed by atoms with Crippen LogP contribution >= 0.6 is 22.6 Å². The Morgan fingerprint density at radius 1 is 1.19 bits per heavy atom. The highest BCUT2D eigenvalue weighted by molar-refractivity contribution is 14.1. The maximum Gasteiger partial charge on any atom is 0.226 e. The van der Waals surface area contributed by atoms with E-state index in [0.29, 0.717) is 37.3 Å². The second-order valence-corrected chi connectivity index (χ2v) is 10.4. The number of aromatic nitrogens is 4. The van der Waals surface area contributed by atoms with Crippen molar-refractivity contribution >= 4 is 51.2 Å². The lowest BCUT2D eigenvalue weighted by atomic mass is 9.95. The second-order valence-electron chi connectivity index (χ2n) is 9.20. The van der Waals surface area contributed by atoms with Crippen molar-refractivity contribution in [2.75, 3.05) is 22.9 Å². The fourth-order valence-corrected chi connectivity index (χ4v) is 4.69. The Labute approximate surface area is 202 Å². The molecule has 1 saturated carbocycles. The molecule has 3 aromatic rings. The number of nitrogen functional groups attached to an aromatic ring is 1. The first-order valence-electron chi connectivity index (χ1n) is 11.3. The van der Waals surface area contributed by atoms with Crippen LogP contribution in [0.1, 0.15) is 64.0 Å². The van der Waals surface area contributed by atoms with Crippen LogP contribution in [0.15, 0.2) is 24.5 Å². The zero-order valence-corrected chi connectivity index (χ0v) is 20.9. The van der Waals surface area contributed by atoms with Gasteiger partial charge < -0.3 is 26.0 Å². The Balaban J connectivity index is 1.64. The van der Waals surface area contributed by atoms with Crippen LogP contribution in [0.25, 0.3) is 11.2 Å². The van der Waals surface area contributed by atoms with Gasteiger partial charge in [-0.25, -0.2) is 4.98 Å². The third kappa shape index (κ3) is 5.61. The van der Waals surface area contributed by atoms with Crippen molar-refractivity contribution in [3.8, 4) is 0 Å². The standard InChI is InChI=1S/C23H32IN7O/c1-23(2,32)10-11-26-22-29-20(27-13-15-12-16(24)8-9-18(15)25)19-21(30-22)31(14-28-19)17-6-4-3-5-7-17/h8-9,12,14,17,32H,3-7,10-11,13,25H2,1-2H3,(H2,26,27,29,30). The molecule has 0 bridgehead atoms. The van der Waals surface area contributed by atoms with Crippen LogP contribution in [0.5, 0.6) is 0 Å². The second kappa shape index (κ2) is 9.78. The molecule has 1 aliphatic rings. The fourth-order valence-electron chi connectivity index (χ4n) is 4.13. The predicted octanol–water partition coefficient (Wildman–Crippen LogP) is 4.70. The van der Waals surface area contributed by atoms with Crippen LogP contribution in [0.2, 0.25) is 0 Å². The molecule has 32 heavy (non-hydrogen) atoms. The lowest BCUT2D eigenvalue weighted by Crippen LogP contribution is -2.23. The predicted molar refractivity (Wildman–Crippen MR) is 138 cm³/mol. The van der Waals surface area contributed by atoms with Crippen molar-refractivity contribution < 1.29 is 5.11 Å². The summed E-state index contributed by atoms with van der Waals surface area (Å²) < 4.78 is 3.35. The van der Waals surface area contributed by atoms with E-state index in [9.17, 15) is 5.11 Å². The molecular weight excluding hydrogens is 517 g/mol. The summed E-state index contributed by atoms with van der Waals surface area (Å²) in [5.74, 6) is 1.23. The molecule has 2 aromatic heterocycles. The molecule has 0 atom stereocenters. The van der Waals surface area contributed by atoms with Crippen molar-refractivity contribution in [3.63, 3.8) is 0 Å². The summed E-state index contributed by atoms with van der Waals surface area (Å²) >= 11 is 2.29. The third-order valence-corrected chi connectivity index (χ3v) is 6.63. The van der Waals surface area contributed by atoms with Gasteiger partial charge in [0.1, 0.15) is 0 Å². The number of fused-ring (bicyclic) bond motifs is 1. The summed E-state index contributed by atoms with van der Waals surface area (Å²) in [6.07, 6.45) is 8.58. The molecule has 5 N–H and O–H groups in total. The number of anilines is 3. The zero-order valence-electron chi connectivity index (χ0n) is 18.7. The summed E-state index contributed by atoms with van der Waals surface area (Å²) in [6.45, 7) is 4.73. The van der Waals surface area contributed by atoms with Gasteiger partial charge in [-0.05, 0) is 79.5 Å². The Bertz CT molecular complexity index is 1070. The minimum absolute atomic E-state index is 0.423. The van der Waals surface area contributed by atoms with Gasteiger partial charge in [-0.15, -0.1) is 0 Å². The number of nitrogens with zero attached hydrogens (tertiary/aromatic N) is 4. The molecule has 0 aliphatic heterocycles. The molecule has 4 rings (SSSR count). The van der Waals surface area contributed by atoms with Crippen LogP contribution in [0, 0.1) is 3.57 Å². The number of rotatable bonds is 8. The highest BCUT2D eigenvalue weighted by atomic mass is 127. The zero-order chi connectivity index (χ0) is 22.7. The summed E-state index contributed by atoms with van der Waals surface area (Å²) in [5, 5.41) is 16.8. The van der Waals surface area contributed by atoms with Crippen molar-refractivity contribution in [3.05, 3.63) is 33.7 Å². The van der Waals surface area contributed by atoms with Crippen LogP contribution in [-0.4, -0.2) is 36.8 Å². The van der Waals surface area contributed by atoms with Gasteiger partial charge in [0.15, 0.2) is 17.0 Å². The van der Waals surface area contributed by atoms with Gasteiger partial charge in [-0.1, -0.05) is 19.3 Å². The SMILES string of the molecule is CC(C)(O)CCNc1nc(NCc2cc(I)ccc2N)c2ncn(C3CCCCC3)c2n1. The molecule has 2 heterocycles. The van der Waals surface area contributed by atoms with Crippen LogP contribution in [-0.2, 0) is 6.54 Å². The van der Waals surface area contributed by atoms with E-state index in [4.69, 9.17) is 15.7 Å². The summed E-state index contributed by atoms with van der Waals surface area (Å²) in [7, 11) is 0. The van der Waals surface area contributed by atoms with E-state index >= 15 is 0 Å². The van der Waals surface area contributed by atoms with Gasteiger partial charge in [0.25, 0.3) is 0 Å².